The highest BCUT2D eigenvalue weighted by atomic mass is 16.6. The number of hydrogen-bond donors (Lipinski definition) is 1. The van der Waals surface area contributed by atoms with E-state index in [1.807, 2.05) is 24.3 Å². The number of fused-ring (bicyclic) bond motifs is 4. The van der Waals surface area contributed by atoms with E-state index in [-0.39, 0.29) is 17.7 Å². The fourth-order valence-corrected chi connectivity index (χ4v) is 4.84. The SMILES string of the molecule is COc1ccc(-c2[nH]ncc2C(=O)N2C[C@@H]3C[C@@H](C2)c2ccc([N+](=O)[O-])c(=O)n2C3)cc1. The van der Waals surface area contributed by atoms with Crippen LogP contribution in [-0.2, 0) is 6.54 Å². The topological polar surface area (TPSA) is 123 Å². The molecule has 0 spiro atoms. The number of methoxy groups -OCH3 is 1. The maximum atomic E-state index is 13.4. The average Bonchev–Trinajstić information content (AvgIpc) is 3.29. The molecule has 0 unspecified atom stereocenters. The molecule has 5 rings (SSSR count). The number of piperidine rings is 1. The summed E-state index contributed by atoms with van der Waals surface area (Å²) >= 11 is 0. The van der Waals surface area contributed by atoms with Gasteiger partial charge in [-0.2, -0.15) is 5.10 Å². The van der Waals surface area contributed by atoms with Crippen molar-refractivity contribution in [1.82, 2.24) is 19.7 Å². The lowest BCUT2D eigenvalue weighted by Crippen LogP contribution is -2.49. The van der Waals surface area contributed by atoms with E-state index in [4.69, 9.17) is 4.74 Å². The Morgan fingerprint density at radius 1 is 1.19 bits per heavy atom. The Morgan fingerprint density at radius 2 is 1.97 bits per heavy atom. The third-order valence-electron chi connectivity index (χ3n) is 6.32. The second-order valence-electron chi connectivity index (χ2n) is 8.21. The lowest BCUT2D eigenvalue weighted by molar-refractivity contribution is -0.386. The molecule has 2 aliphatic heterocycles. The molecule has 1 fully saturated rings. The number of hydrogen-bond acceptors (Lipinski definition) is 6. The monoisotopic (exact) mass is 435 g/mol. The number of ether oxygens (including phenoxy) is 1. The van der Waals surface area contributed by atoms with Crippen LogP contribution in [0.15, 0.2) is 47.4 Å². The zero-order valence-electron chi connectivity index (χ0n) is 17.4. The van der Waals surface area contributed by atoms with Crippen LogP contribution in [0.4, 0.5) is 5.69 Å². The van der Waals surface area contributed by atoms with Gasteiger partial charge in [-0.05, 0) is 42.7 Å². The molecule has 1 saturated heterocycles. The highest BCUT2D eigenvalue weighted by molar-refractivity contribution is 5.99. The molecule has 2 atom stereocenters. The number of nitrogens with one attached hydrogen (secondary N) is 1. The van der Waals surface area contributed by atoms with Crippen molar-refractivity contribution in [3.63, 3.8) is 0 Å². The minimum atomic E-state index is -0.643. The molecule has 2 bridgehead atoms. The van der Waals surface area contributed by atoms with Crippen molar-refractivity contribution in [3.05, 3.63) is 74.3 Å². The number of benzene rings is 1. The van der Waals surface area contributed by atoms with Crippen LogP contribution in [-0.4, -0.2) is 50.7 Å². The molecule has 10 nitrogen and oxygen atoms in total. The van der Waals surface area contributed by atoms with Gasteiger partial charge in [-0.15, -0.1) is 0 Å². The number of H-pyrrole nitrogens is 1. The summed E-state index contributed by atoms with van der Waals surface area (Å²) in [5.41, 5.74) is 1.71. The molecule has 0 saturated carbocycles. The lowest BCUT2D eigenvalue weighted by atomic mass is 9.83. The number of nitrogens with zero attached hydrogens (tertiary/aromatic N) is 4. The molecule has 10 heteroatoms. The highest BCUT2D eigenvalue weighted by Crippen LogP contribution is 2.36. The summed E-state index contributed by atoms with van der Waals surface area (Å²) in [5.74, 6) is 0.605. The fraction of sp³-hybridized carbons (Fsp3) is 0.318. The van der Waals surface area contributed by atoms with Crippen molar-refractivity contribution in [3.8, 4) is 17.0 Å². The number of carbonyl (C=O) groups is 1. The number of aromatic nitrogens is 3. The van der Waals surface area contributed by atoms with E-state index in [0.717, 1.165) is 23.4 Å². The summed E-state index contributed by atoms with van der Waals surface area (Å²) in [5, 5.41) is 18.1. The molecule has 4 heterocycles. The number of rotatable bonds is 4. The summed E-state index contributed by atoms with van der Waals surface area (Å²) in [4.78, 5) is 38.3. The van der Waals surface area contributed by atoms with Gasteiger partial charge < -0.3 is 14.2 Å². The van der Waals surface area contributed by atoms with Gasteiger partial charge in [0.25, 0.3) is 5.91 Å². The third kappa shape index (κ3) is 3.24. The van der Waals surface area contributed by atoms with Crippen LogP contribution >= 0.6 is 0 Å². The second kappa shape index (κ2) is 7.63. The van der Waals surface area contributed by atoms with Gasteiger partial charge in [-0.3, -0.25) is 24.8 Å². The van der Waals surface area contributed by atoms with Crippen LogP contribution in [0, 0.1) is 16.0 Å². The first-order chi connectivity index (χ1) is 15.5. The van der Waals surface area contributed by atoms with Crippen molar-refractivity contribution < 1.29 is 14.5 Å². The van der Waals surface area contributed by atoms with Gasteiger partial charge in [-0.1, -0.05) is 0 Å². The van der Waals surface area contributed by atoms with E-state index in [2.05, 4.69) is 10.2 Å². The highest BCUT2D eigenvalue weighted by Gasteiger charge is 2.38. The predicted molar refractivity (Wildman–Crippen MR) is 115 cm³/mol. The van der Waals surface area contributed by atoms with E-state index < -0.39 is 16.2 Å². The lowest BCUT2D eigenvalue weighted by Gasteiger charge is -2.42. The summed E-state index contributed by atoms with van der Waals surface area (Å²) in [6, 6.07) is 10.3. The van der Waals surface area contributed by atoms with Crippen LogP contribution < -0.4 is 10.3 Å². The van der Waals surface area contributed by atoms with E-state index in [9.17, 15) is 19.7 Å². The largest absolute Gasteiger partial charge is 0.497 e. The Bertz CT molecular complexity index is 1260. The Kier molecular flexibility index (Phi) is 4.76. The normalized spacial score (nSPS) is 19.3. The van der Waals surface area contributed by atoms with Crippen LogP contribution in [0.5, 0.6) is 5.75 Å². The second-order valence-corrected chi connectivity index (χ2v) is 8.21. The minimum Gasteiger partial charge on any atom is -0.497 e. The summed E-state index contributed by atoms with van der Waals surface area (Å²) in [6.07, 6.45) is 2.38. The molecule has 1 aromatic carbocycles. The van der Waals surface area contributed by atoms with Crippen LogP contribution in [0.1, 0.15) is 28.4 Å². The van der Waals surface area contributed by atoms with Gasteiger partial charge in [0.05, 0.1) is 29.5 Å². The van der Waals surface area contributed by atoms with E-state index in [1.165, 1.54) is 16.8 Å². The molecule has 1 N–H and O–H groups in total. The summed E-state index contributed by atoms with van der Waals surface area (Å²) < 4.78 is 6.71. The average molecular weight is 435 g/mol. The quantitative estimate of drug-likeness (QED) is 0.496. The maximum Gasteiger partial charge on any atom is 0.334 e. The van der Waals surface area contributed by atoms with Gasteiger partial charge in [0.15, 0.2) is 0 Å². The molecular weight excluding hydrogens is 414 g/mol. The molecule has 32 heavy (non-hydrogen) atoms. The van der Waals surface area contributed by atoms with Crippen LogP contribution in [0.2, 0.25) is 0 Å². The molecule has 1 amide bonds. The number of likely N-dealkylation sites (tertiary alicyclic amines) is 1. The molecule has 0 aliphatic carbocycles. The predicted octanol–water partition coefficient (Wildman–Crippen LogP) is 2.41. The van der Waals surface area contributed by atoms with Crippen molar-refractivity contribution in [2.24, 2.45) is 5.92 Å². The number of pyridine rings is 1. The maximum absolute atomic E-state index is 13.4. The van der Waals surface area contributed by atoms with Gasteiger partial charge in [0, 0.05) is 42.9 Å². The minimum absolute atomic E-state index is 0.0451. The number of aromatic amines is 1. The van der Waals surface area contributed by atoms with Crippen molar-refractivity contribution in [1.29, 1.82) is 0 Å². The molecule has 164 valence electrons. The Morgan fingerprint density at radius 3 is 2.69 bits per heavy atom. The Balaban J connectivity index is 1.43. The Hall–Kier alpha value is -3.95. The fourth-order valence-electron chi connectivity index (χ4n) is 4.84. The third-order valence-corrected chi connectivity index (χ3v) is 6.32. The first-order valence-corrected chi connectivity index (χ1v) is 10.3. The molecule has 2 aliphatic rings. The first-order valence-electron chi connectivity index (χ1n) is 10.3. The smallest absolute Gasteiger partial charge is 0.334 e. The number of carbonyl (C=O) groups excluding carboxylic acids is 1. The van der Waals surface area contributed by atoms with Gasteiger partial charge in [0.1, 0.15) is 5.75 Å². The van der Waals surface area contributed by atoms with Crippen molar-refractivity contribution in [2.75, 3.05) is 20.2 Å². The van der Waals surface area contributed by atoms with E-state index in [1.54, 1.807) is 18.1 Å². The standard InChI is InChI=1S/C22H21N5O5/c1-32-16-4-2-14(3-5-16)20-17(9-23-24-20)21(28)25-10-13-8-15(12-25)18-6-7-19(27(30)31)22(29)26(18)11-13/h2-7,9,13,15H,8,10-12H2,1H3,(H,23,24)/t13-,15-/m0/s1. The molecular formula is C22H21N5O5. The van der Waals surface area contributed by atoms with Crippen molar-refractivity contribution in [2.45, 2.75) is 18.9 Å². The Labute approximate surface area is 182 Å². The van der Waals surface area contributed by atoms with Crippen molar-refractivity contribution >= 4 is 11.6 Å². The van der Waals surface area contributed by atoms with Crippen LogP contribution in [0.25, 0.3) is 11.3 Å². The number of nitro groups is 1. The van der Waals surface area contributed by atoms with Crippen LogP contribution in [0.3, 0.4) is 0 Å². The summed E-state index contributed by atoms with van der Waals surface area (Å²) in [6.45, 7) is 1.30. The van der Waals surface area contributed by atoms with E-state index in [0.29, 0.717) is 30.9 Å². The zero-order valence-corrected chi connectivity index (χ0v) is 17.4. The molecule has 3 aromatic rings. The zero-order chi connectivity index (χ0) is 22.4. The van der Waals surface area contributed by atoms with Gasteiger partial charge in [-0.25, -0.2) is 0 Å². The molecule has 0 radical (unpaired) electrons. The first kappa shape index (κ1) is 20.0. The summed E-state index contributed by atoms with van der Waals surface area (Å²) in [7, 11) is 1.60. The van der Waals surface area contributed by atoms with Gasteiger partial charge in [0.2, 0.25) is 0 Å². The molecule has 2 aromatic heterocycles. The van der Waals surface area contributed by atoms with E-state index >= 15 is 0 Å². The van der Waals surface area contributed by atoms with Gasteiger partial charge >= 0.3 is 11.2 Å². The number of amides is 1.